The lowest BCUT2D eigenvalue weighted by molar-refractivity contribution is -0.206. The number of nitrogens with two attached hydrogens (primary N) is 1. The number of nitrogen functional groups attached to an aromatic ring is 1. The fourth-order valence-electron chi connectivity index (χ4n) is 15.7. The third-order valence-corrected chi connectivity index (χ3v) is 18.3. The smallest absolute Gasteiger partial charge is 0.159 e. The van der Waals surface area contributed by atoms with Gasteiger partial charge < -0.3 is 31.1 Å². The van der Waals surface area contributed by atoms with Gasteiger partial charge in [0.25, 0.3) is 0 Å². The lowest BCUT2D eigenvalue weighted by Crippen LogP contribution is -2.72. The van der Waals surface area contributed by atoms with Crippen molar-refractivity contribution in [1.29, 1.82) is 0 Å². The van der Waals surface area contributed by atoms with Crippen LogP contribution in [-0.4, -0.2) is 63.4 Å². The number of ketones is 2. The molecule has 59 heavy (non-hydrogen) atoms. The molecule has 16 unspecified atom stereocenters. The molecule has 2 aromatic rings. The van der Waals surface area contributed by atoms with E-state index in [-0.39, 0.29) is 69.9 Å². The molecule has 8 heteroatoms. The van der Waals surface area contributed by atoms with Gasteiger partial charge >= 0.3 is 0 Å². The van der Waals surface area contributed by atoms with Gasteiger partial charge in [0.15, 0.2) is 5.78 Å². The molecular formula is C51H68N2O6. The highest BCUT2D eigenvalue weighted by molar-refractivity contribution is 6.00. The van der Waals surface area contributed by atoms with Crippen molar-refractivity contribution in [2.45, 2.75) is 148 Å². The number of aromatic hydroxyl groups is 1. The van der Waals surface area contributed by atoms with Gasteiger partial charge in [-0.2, -0.15) is 0 Å². The van der Waals surface area contributed by atoms with Crippen molar-refractivity contribution in [2.24, 2.45) is 51.2 Å². The van der Waals surface area contributed by atoms with E-state index in [1.807, 2.05) is 31.2 Å². The highest BCUT2D eigenvalue weighted by atomic mass is 16.6. The summed E-state index contributed by atoms with van der Waals surface area (Å²) in [5.74, 6) is 0.908. The summed E-state index contributed by atoms with van der Waals surface area (Å²) in [6.07, 6.45) is 10.5. The number of allylic oxidation sites excluding steroid dienone is 4. The minimum atomic E-state index is -0.680. The Hall–Kier alpha value is -3.30. The lowest BCUT2D eigenvalue weighted by Gasteiger charge is -2.72. The molecule has 0 spiro atoms. The Bertz CT molecular complexity index is 2090. The van der Waals surface area contributed by atoms with Crippen molar-refractivity contribution in [2.75, 3.05) is 12.3 Å². The molecular weight excluding hydrogens is 737 g/mol. The second-order valence-corrected chi connectivity index (χ2v) is 21.5. The number of phenolic OH excluding ortho intramolecular Hbond substituents is 1. The number of benzene rings is 2. The van der Waals surface area contributed by atoms with Gasteiger partial charge in [-0.1, -0.05) is 83.0 Å². The number of aliphatic hydroxyl groups excluding tert-OH is 2. The van der Waals surface area contributed by atoms with E-state index in [0.717, 1.165) is 55.3 Å². The van der Waals surface area contributed by atoms with E-state index in [1.54, 1.807) is 12.1 Å². The number of nitrogens with one attached hydrogen (secondary N) is 1. The fraction of sp³-hybridized carbons (Fsp3) is 0.647. The van der Waals surface area contributed by atoms with E-state index in [9.17, 15) is 20.1 Å². The summed E-state index contributed by atoms with van der Waals surface area (Å²) in [5.41, 5.74) is 9.20. The number of carbonyl (C=O) groups excluding carboxylic acids is 2. The van der Waals surface area contributed by atoms with Gasteiger partial charge in [0.05, 0.1) is 23.7 Å². The Kier molecular flexibility index (Phi) is 9.83. The summed E-state index contributed by atoms with van der Waals surface area (Å²) in [5, 5.41) is 37.0. The van der Waals surface area contributed by atoms with Crippen LogP contribution in [-0.2, 0) is 14.3 Å². The van der Waals surface area contributed by atoms with E-state index in [4.69, 9.17) is 10.5 Å². The topological polar surface area (TPSA) is 145 Å². The maximum atomic E-state index is 15.0. The molecule has 8 nitrogen and oxygen atoms in total. The summed E-state index contributed by atoms with van der Waals surface area (Å²) in [6.45, 7) is 16.0. The van der Waals surface area contributed by atoms with E-state index in [2.05, 4.69) is 71.1 Å². The maximum Gasteiger partial charge on any atom is 0.159 e. The molecule has 5 fully saturated rings. The van der Waals surface area contributed by atoms with Crippen LogP contribution < -0.4 is 11.1 Å². The van der Waals surface area contributed by atoms with Crippen molar-refractivity contribution >= 4 is 17.3 Å². The predicted octanol–water partition coefficient (Wildman–Crippen LogP) is 8.41. The van der Waals surface area contributed by atoms with Crippen LogP contribution in [0.2, 0.25) is 0 Å². The van der Waals surface area contributed by atoms with Gasteiger partial charge in [-0.15, -0.1) is 0 Å². The average Bonchev–Trinajstić information content (AvgIpc) is 3.56. The van der Waals surface area contributed by atoms with Gasteiger partial charge in [0, 0.05) is 35.5 Å². The van der Waals surface area contributed by atoms with Gasteiger partial charge in [-0.05, 0) is 146 Å². The third kappa shape index (κ3) is 5.96. The van der Waals surface area contributed by atoms with Crippen LogP contribution in [0.3, 0.4) is 0 Å². The molecule has 6 N–H and O–H groups in total. The number of hydrogen-bond donors (Lipinski definition) is 5. The van der Waals surface area contributed by atoms with Gasteiger partial charge in [-0.25, -0.2) is 0 Å². The molecule has 1 aliphatic heterocycles. The Morgan fingerprint density at radius 2 is 1.71 bits per heavy atom. The van der Waals surface area contributed by atoms with Crippen LogP contribution in [0, 0.1) is 51.2 Å². The third-order valence-electron chi connectivity index (χ3n) is 18.3. The van der Waals surface area contributed by atoms with Crippen LogP contribution in [0.15, 0.2) is 71.8 Å². The quantitative estimate of drug-likeness (QED) is 0.0915. The molecule has 1 saturated heterocycles. The number of Topliss-reactive ketones (excluding diaryl/α,β-unsaturated/α-hetero) is 2. The number of phenols is 1. The van der Waals surface area contributed by atoms with Crippen molar-refractivity contribution in [3.05, 3.63) is 83.0 Å². The molecule has 8 aliphatic rings. The Morgan fingerprint density at radius 1 is 0.966 bits per heavy atom. The Morgan fingerprint density at radius 3 is 2.44 bits per heavy atom. The first-order chi connectivity index (χ1) is 27.9. The molecule has 16 atom stereocenters. The van der Waals surface area contributed by atoms with Crippen LogP contribution in [0.1, 0.15) is 129 Å². The highest BCUT2D eigenvalue weighted by Gasteiger charge is 2.74. The molecule has 1 heterocycles. The largest absolute Gasteiger partial charge is 0.508 e. The summed E-state index contributed by atoms with van der Waals surface area (Å²) >= 11 is 0. The summed E-state index contributed by atoms with van der Waals surface area (Å²) in [7, 11) is 0. The standard InChI is InChI=1S/C51H68N2O6/c1-28(22-39(56)46-51(7,59-46)35-17-10-16-34(35)30-12-8-14-32(52)23-30)42-36-19-20-41-49(5,48(36,4)26-40(42)57)25-38(53-27-29(2)54)44-47(3)21-11-18-37(50(41,44)6)43(45(47)58)31-13-9-15-33(55)24-31/h8-9,11-15,18,23-24,28-29,34-35,37-39,41,43-44,46,53-56H,10,16-17,19-22,25-27,52H2,1-7H3. The van der Waals surface area contributed by atoms with Gasteiger partial charge in [-0.3, -0.25) is 9.59 Å². The number of aliphatic hydroxyl groups is 2. The highest BCUT2D eigenvalue weighted by Crippen LogP contribution is 2.77. The van der Waals surface area contributed by atoms with Crippen molar-refractivity contribution in [3.8, 4) is 5.75 Å². The number of hydrogen-bond acceptors (Lipinski definition) is 8. The van der Waals surface area contributed by atoms with E-state index < -0.39 is 28.6 Å². The van der Waals surface area contributed by atoms with Crippen molar-refractivity contribution in [3.63, 3.8) is 0 Å². The first-order valence-electron chi connectivity index (χ1n) is 22.8. The Labute approximate surface area is 351 Å². The van der Waals surface area contributed by atoms with Crippen LogP contribution >= 0.6 is 0 Å². The SMILES string of the molecule is CC(O)CNC1CC2(C)C(CCC3=C(C(C)CC(O)C4OC4(C)C4CCCC4c4cccc(N)c4)C(=O)CC32C)C2(C)C3C=CCC(C)(C(=O)C3c3cccc(O)c3)C12. The fourth-order valence-corrected chi connectivity index (χ4v) is 15.7. The van der Waals surface area contributed by atoms with Crippen LogP contribution in [0.5, 0.6) is 5.75 Å². The second-order valence-electron chi connectivity index (χ2n) is 21.5. The first-order valence-corrected chi connectivity index (χ1v) is 22.8. The minimum Gasteiger partial charge on any atom is -0.508 e. The zero-order valence-corrected chi connectivity index (χ0v) is 36.3. The number of ether oxygens (including phenoxy) is 1. The van der Waals surface area contributed by atoms with Gasteiger partial charge in [0.1, 0.15) is 17.6 Å². The number of rotatable bonds is 10. The Balaban J connectivity index is 1.04. The maximum absolute atomic E-state index is 15.0. The molecule has 4 saturated carbocycles. The van der Waals surface area contributed by atoms with E-state index >= 15 is 4.79 Å². The predicted molar refractivity (Wildman–Crippen MR) is 230 cm³/mol. The molecule has 0 amide bonds. The molecule has 0 aromatic heterocycles. The van der Waals surface area contributed by atoms with E-state index in [1.165, 1.54) is 11.1 Å². The molecule has 2 bridgehead atoms. The lowest BCUT2D eigenvalue weighted by atomic mass is 9.32. The normalized spacial score (nSPS) is 43.8. The number of epoxide rings is 1. The molecule has 10 rings (SSSR count). The monoisotopic (exact) mass is 805 g/mol. The molecule has 2 aromatic carbocycles. The molecule has 0 radical (unpaired) electrons. The van der Waals surface area contributed by atoms with Crippen molar-refractivity contribution < 1.29 is 29.6 Å². The van der Waals surface area contributed by atoms with Crippen LogP contribution in [0.4, 0.5) is 5.69 Å². The number of fused-ring (bicyclic) bond motifs is 5. The summed E-state index contributed by atoms with van der Waals surface area (Å²) < 4.78 is 6.50. The van der Waals surface area contributed by atoms with E-state index in [0.29, 0.717) is 37.6 Å². The van der Waals surface area contributed by atoms with Gasteiger partial charge in [0.2, 0.25) is 0 Å². The molecule has 318 valence electrons. The zero-order chi connectivity index (χ0) is 42.0. The number of carbonyl (C=O) groups is 2. The zero-order valence-electron chi connectivity index (χ0n) is 36.3. The van der Waals surface area contributed by atoms with Crippen LogP contribution in [0.25, 0.3) is 0 Å². The first kappa shape index (κ1) is 41.1. The summed E-state index contributed by atoms with van der Waals surface area (Å²) in [6, 6.07) is 15.5. The van der Waals surface area contributed by atoms with Crippen molar-refractivity contribution in [1.82, 2.24) is 5.32 Å². The summed E-state index contributed by atoms with van der Waals surface area (Å²) in [4.78, 5) is 29.7. The molecule has 7 aliphatic carbocycles. The minimum absolute atomic E-state index is 0.0132. The average molecular weight is 805 g/mol. The number of anilines is 1. The second kappa shape index (κ2) is 14.1.